The second-order valence-electron chi connectivity index (χ2n) is 9.27. The molecule has 2 aromatic carbocycles. The van der Waals surface area contributed by atoms with E-state index in [4.69, 9.17) is 4.98 Å². The van der Waals surface area contributed by atoms with E-state index in [9.17, 15) is 18.5 Å². The van der Waals surface area contributed by atoms with Crippen molar-refractivity contribution < 1.29 is 8.42 Å². The van der Waals surface area contributed by atoms with Crippen molar-refractivity contribution in [1.29, 1.82) is 5.26 Å². The van der Waals surface area contributed by atoms with Crippen LogP contribution in [0.2, 0.25) is 0 Å². The third-order valence-electron chi connectivity index (χ3n) is 6.68. The molecule has 5 rings (SSSR count). The van der Waals surface area contributed by atoms with Gasteiger partial charge in [-0.3, -0.25) is 14.1 Å². The molecular formula is C29H27N5O3S. The number of hydrogen-bond acceptors (Lipinski definition) is 7. The molecule has 1 fully saturated rings. The summed E-state index contributed by atoms with van der Waals surface area (Å²) < 4.78 is 28.0. The maximum absolute atomic E-state index is 13.6. The zero-order valence-electron chi connectivity index (χ0n) is 21.0. The van der Waals surface area contributed by atoms with Gasteiger partial charge in [-0.1, -0.05) is 54.1 Å². The Bertz CT molecular complexity index is 1700. The molecule has 0 radical (unpaired) electrons. The van der Waals surface area contributed by atoms with Crippen LogP contribution in [0.3, 0.4) is 0 Å². The van der Waals surface area contributed by atoms with Crippen LogP contribution in [0.4, 0.5) is 5.82 Å². The Morgan fingerprint density at radius 2 is 1.66 bits per heavy atom. The van der Waals surface area contributed by atoms with Crippen molar-refractivity contribution in [2.75, 3.05) is 31.1 Å². The first-order valence-electron chi connectivity index (χ1n) is 12.3. The van der Waals surface area contributed by atoms with E-state index in [1.165, 1.54) is 28.2 Å². The van der Waals surface area contributed by atoms with E-state index in [2.05, 4.69) is 17.0 Å². The molecule has 4 aromatic rings. The number of anilines is 1. The maximum atomic E-state index is 13.6. The number of nitrogens with zero attached hydrogens (tertiary/aromatic N) is 5. The number of aromatic nitrogens is 2. The molecular weight excluding hydrogens is 498 g/mol. The smallest absolute Gasteiger partial charge is 0.267 e. The van der Waals surface area contributed by atoms with Gasteiger partial charge in [0.25, 0.3) is 5.56 Å². The predicted molar refractivity (Wildman–Crippen MR) is 147 cm³/mol. The van der Waals surface area contributed by atoms with Crippen molar-refractivity contribution in [3.63, 3.8) is 0 Å². The third-order valence-corrected chi connectivity index (χ3v) is 8.36. The summed E-state index contributed by atoms with van der Waals surface area (Å²) in [5.74, 6) is 0.382. The van der Waals surface area contributed by atoms with Crippen molar-refractivity contribution in [3.05, 3.63) is 111 Å². The van der Waals surface area contributed by atoms with Gasteiger partial charge in [0.2, 0.25) is 9.84 Å². The monoisotopic (exact) mass is 525 g/mol. The van der Waals surface area contributed by atoms with E-state index < -0.39 is 20.3 Å². The number of piperazine rings is 1. The van der Waals surface area contributed by atoms with Crippen molar-refractivity contribution in [2.24, 2.45) is 0 Å². The lowest BCUT2D eigenvalue weighted by atomic mass is 10.2. The minimum absolute atomic E-state index is 0.000765. The fraction of sp³-hybridized carbons (Fsp3) is 0.207. The van der Waals surface area contributed by atoms with Crippen LogP contribution in [0.5, 0.6) is 0 Å². The predicted octanol–water partition coefficient (Wildman–Crippen LogP) is 3.66. The van der Waals surface area contributed by atoms with Crippen LogP contribution in [0.15, 0.2) is 93.6 Å². The quantitative estimate of drug-likeness (QED) is 0.354. The minimum atomic E-state index is -4.13. The van der Waals surface area contributed by atoms with E-state index >= 15 is 0 Å². The van der Waals surface area contributed by atoms with Gasteiger partial charge in [-0.25, -0.2) is 13.4 Å². The molecule has 8 nitrogen and oxygen atoms in total. The van der Waals surface area contributed by atoms with E-state index in [0.717, 1.165) is 25.2 Å². The molecule has 0 spiro atoms. The summed E-state index contributed by atoms with van der Waals surface area (Å²) in [5.41, 5.74) is 2.24. The molecule has 192 valence electrons. The average Bonchev–Trinajstić information content (AvgIpc) is 2.94. The van der Waals surface area contributed by atoms with Crippen LogP contribution >= 0.6 is 0 Å². The third kappa shape index (κ3) is 5.09. The number of hydrogen-bond donors (Lipinski definition) is 0. The summed E-state index contributed by atoms with van der Waals surface area (Å²) in [6.45, 7) is 5.39. The highest BCUT2D eigenvalue weighted by Gasteiger charge is 2.26. The molecule has 0 aliphatic carbocycles. The lowest BCUT2D eigenvalue weighted by Crippen LogP contribution is -2.47. The van der Waals surface area contributed by atoms with Gasteiger partial charge >= 0.3 is 0 Å². The lowest BCUT2D eigenvalue weighted by Gasteiger charge is -2.36. The molecule has 3 heterocycles. The van der Waals surface area contributed by atoms with Crippen molar-refractivity contribution in [1.82, 2.24) is 14.3 Å². The van der Waals surface area contributed by atoms with Gasteiger partial charge in [0.15, 0.2) is 0 Å². The molecule has 0 N–H and O–H groups in total. The molecule has 38 heavy (non-hydrogen) atoms. The lowest BCUT2D eigenvalue weighted by molar-refractivity contribution is 0.249. The molecule has 1 aliphatic heterocycles. The topological polar surface area (TPSA) is 98.8 Å². The fourth-order valence-electron chi connectivity index (χ4n) is 4.56. The molecule has 1 aliphatic rings. The first-order chi connectivity index (χ1) is 18.4. The molecule has 2 aromatic heterocycles. The molecule has 0 amide bonds. The van der Waals surface area contributed by atoms with Crippen LogP contribution in [0.25, 0.3) is 11.7 Å². The summed E-state index contributed by atoms with van der Waals surface area (Å²) >= 11 is 0. The average molecular weight is 526 g/mol. The summed E-state index contributed by atoms with van der Waals surface area (Å²) in [7, 11) is -4.13. The molecule has 0 unspecified atom stereocenters. The largest absolute Gasteiger partial charge is 0.353 e. The fourth-order valence-corrected chi connectivity index (χ4v) is 5.70. The maximum Gasteiger partial charge on any atom is 0.267 e. The second kappa shape index (κ2) is 10.6. The van der Waals surface area contributed by atoms with E-state index in [-0.39, 0.29) is 10.5 Å². The molecule has 0 atom stereocenters. The minimum Gasteiger partial charge on any atom is -0.353 e. The molecule has 0 saturated carbocycles. The Balaban J connectivity index is 1.53. The number of aryl methyl sites for hydroxylation is 1. The zero-order valence-corrected chi connectivity index (χ0v) is 21.8. The normalized spacial score (nSPS) is 14.9. The van der Waals surface area contributed by atoms with Gasteiger partial charge in [0, 0.05) is 38.9 Å². The van der Waals surface area contributed by atoms with Crippen molar-refractivity contribution in [2.45, 2.75) is 18.4 Å². The van der Waals surface area contributed by atoms with Crippen LogP contribution in [0, 0.1) is 18.3 Å². The van der Waals surface area contributed by atoms with Gasteiger partial charge in [-0.05, 0) is 42.8 Å². The summed E-state index contributed by atoms with van der Waals surface area (Å²) in [4.78, 5) is 22.2. The Kier molecular flexibility index (Phi) is 7.09. The van der Waals surface area contributed by atoms with E-state index in [1.807, 2.05) is 36.1 Å². The summed E-state index contributed by atoms with van der Waals surface area (Å²) in [6, 6.07) is 23.6. The van der Waals surface area contributed by atoms with Gasteiger partial charge in [0.05, 0.1) is 10.5 Å². The number of fused-ring (bicyclic) bond motifs is 1. The Morgan fingerprint density at radius 3 is 2.34 bits per heavy atom. The number of rotatable bonds is 6. The second-order valence-corrected chi connectivity index (χ2v) is 11.2. The zero-order chi connectivity index (χ0) is 26.7. The van der Waals surface area contributed by atoms with E-state index in [1.54, 1.807) is 36.5 Å². The molecule has 9 heteroatoms. The van der Waals surface area contributed by atoms with Crippen LogP contribution in [0.1, 0.15) is 16.7 Å². The molecule has 1 saturated heterocycles. The Morgan fingerprint density at radius 1 is 0.974 bits per heavy atom. The van der Waals surface area contributed by atoms with E-state index in [0.29, 0.717) is 24.6 Å². The van der Waals surface area contributed by atoms with Crippen molar-refractivity contribution >= 4 is 27.4 Å². The highest BCUT2D eigenvalue weighted by molar-refractivity contribution is 7.95. The van der Waals surface area contributed by atoms with Gasteiger partial charge in [-0.2, -0.15) is 5.26 Å². The first kappa shape index (κ1) is 25.4. The number of benzene rings is 2. The Hall–Kier alpha value is -4.26. The van der Waals surface area contributed by atoms with Crippen LogP contribution < -0.4 is 10.5 Å². The van der Waals surface area contributed by atoms with Crippen molar-refractivity contribution in [3.8, 4) is 6.07 Å². The summed E-state index contributed by atoms with van der Waals surface area (Å²) in [6.07, 6.45) is 2.76. The van der Waals surface area contributed by atoms with Gasteiger partial charge in [0.1, 0.15) is 22.4 Å². The SMILES string of the molecule is Cc1ccc(S(=O)(=O)C(C#N)=Cc2c(N3CCN(Cc4ccccc4)CC3)nc3ccccn3c2=O)cc1. The first-order valence-corrected chi connectivity index (χ1v) is 13.8. The summed E-state index contributed by atoms with van der Waals surface area (Å²) in [5, 5.41) is 9.87. The van der Waals surface area contributed by atoms with Gasteiger partial charge in [-0.15, -0.1) is 0 Å². The number of sulfone groups is 1. The Labute approximate surface area is 221 Å². The standard InChI is InChI=1S/C29H27N5O3S/c1-22-10-12-24(13-11-22)38(36,37)25(20-30)19-26-28(31-27-9-5-6-14-34(27)29(26)35)33-17-15-32(16-18-33)21-23-7-3-2-4-8-23/h2-14,19H,15-18,21H2,1H3. The molecule has 0 bridgehead atoms. The number of allylic oxidation sites excluding steroid dienone is 1. The van der Waals surface area contributed by atoms with Gasteiger partial charge < -0.3 is 4.90 Å². The van der Waals surface area contributed by atoms with Crippen LogP contribution in [-0.2, 0) is 16.4 Å². The highest BCUT2D eigenvalue weighted by Crippen LogP contribution is 2.25. The number of nitriles is 1. The number of pyridine rings is 1. The van der Waals surface area contributed by atoms with Crippen LogP contribution in [-0.4, -0.2) is 48.9 Å². The highest BCUT2D eigenvalue weighted by atomic mass is 32.2.